The molecule has 1 heterocycles. The zero-order valence-corrected chi connectivity index (χ0v) is 16.8. The van der Waals surface area contributed by atoms with Crippen LogP contribution in [0.15, 0.2) is 24.3 Å². The van der Waals surface area contributed by atoms with Crippen molar-refractivity contribution in [1.82, 2.24) is 0 Å². The molecule has 0 aromatic heterocycles. The molecule has 1 aliphatic heterocycles. The fourth-order valence-corrected chi connectivity index (χ4v) is 2.73. The van der Waals surface area contributed by atoms with Crippen LogP contribution in [0.5, 0.6) is 0 Å². The predicted molar refractivity (Wildman–Crippen MR) is 102 cm³/mol. The molecule has 1 saturated carbocycles. The number of carbonyl (C=O) groups is 2. The molecule has 2 unspecified atom stereocenters. The van der Waals surface area contributed by atoms with E-state index in [-0.39, 0.29) is 23.6 Å². The molecule has 148 valence electrons. The number of hydrogen-bond acceptors (Lipinski definition) is 5. The molecule has 0 aromatic carbocycles. The van der Waals surface area contributed by atoms with Crippen LogP contribution >= 0.6 is 0 Å². The molecule has 0 radical (unpaired) electrons. The van der Waals surface area contributed by atoms with Gasteiger partial charge in [0, 0.05) is 11.1 Å². The monoisotopic (exact) mass is 366 g/mol. The highest BCUT2D eigenvalue weighted by Gasteiger charge is 2.51. The Bertz CT molecular complexity index is 514. The molecule has 26 heavy (non-hydrogen) atoms. The molecule has 5 nitrogen and oxygen atoms in total. The first-order valence-corrected chi connectivity index (χ1v) is 9.58. The van der Waals surface area contributed by atoms with Crippen molar-refractivity contribution in [3.8, 4) is 0 Å². The van der Waals surface area contributed by atoms with E-state index in [2.05, 4.69) is 27.0 Å². The van der Waals surface area contributed by atoms with Gasteiger partial charge in [-0.3, -0.25) is 0 Å². The Kier molecular flexibility index (Phi) is 9.06. The van der Waals surface area contributed by atoms with E-state index in [0.29, 0.717) is 30.3 Å². The molecule has 0 bridgehead atoms. The summed E-state index contributed by atoms with van der Waals surface area (Å²) in [6.45, 7) is 15.9. The number of ether oxygens (including phenoxy) is 3. The number of epoxide rings is 1. The lowest BCUT2D eigenvalue weighted by atomic mass is 9.91. The lowest BCUT2D eigenvalue weighted by molar-refractivity contribution is -0.150. The van der Waals surface area contributed by atoms with E-state index in [0.717, 1.165) is 19.3 Å². The van der Waals surface area contributed by atoms with Crippen LogP contribution in [0.25, 0.3) is 0 Å². The molecule has 1 aliphatic carbocycles. The second-order valence-electron chi connectivity index (χ2n) is 7.32. The van der Waals surface area contributed by atoms with Gasteiger partial charge in [-0.2, -0.15) is 0 Å². The largest absolute Gasteiger partial charge is 0.459 e. The first-order chi connectivity index (χ1) is 12.3. The van der Waals surface area contributed by atoms with Gasteiger partial charge in [-0.1, -0.05) is 39.8 Å². The van der Waals surface area contributed by atoms with Gasteiger partial charge >= 0.3 is 11.9 Å². The maximum atomic E-state index is 11.6. The van der Waals surface area contributed by atoms with Gasteiger partial charge in [0.2, 0.25) is 0 Å². The Balaban J connectivity index is 0.000000289. The van der Waals surface area contributed by atoms with Crippen molar-refractivity contribution in [1.29, 1.82) is 0 Å². The highest BCUT2D eigenvalue weighted by Crippen LogP contribution is 2.49. The van der Waals surface area contributed by atoms with E-state index < -0.39 is 0 Å². The van der Waals surface area contributed by atoms with E-state index in [1.165, 1.54) is 19.3 Å². The van der Waals surface area contributed by atoms with Crippen molar-refractivity contribution in [2.75, 3.05) is 13.2 Å². The molecule has 5 heteroatoms. The predicted octanol–water partition coefficient (Wildman–Crippen LogP) is 4.36. The van der Waals surface area contributed by atoms with Crippen molar-refractivity contribution in [3.63, 3.8) is 0 Å². The van der Waals surface area contributed by atoms with Gasteiger partial charge in [0.1, 0.15) is 18.3 Å². The van der Waals surface area contributed by atoms with Gasteiger partial charge in [0.25, 0.3) is 0 Å². The SMILES string of the molecule is C=C(C)C(=O)OC1(C(CC)CCCC)CC1.C=C(C)C(=O)OCC1CO1. The summed E-state index contributed by atoms with van der Waals surface area (Å²) in [5.41, 5.74) is 0.803. The number of rotatable bonds is 10. The van der Waals surface area contributed by atoms with Crippen molar-refractivity contribution in [2.45, 2.75) is 77.9 Å². The maximum absolute atomic E-state index is 11.6. The molecule has 1 saturated heterocycles. The van der Waals surface area contributed by atoms with E-state index in [4.69, 9.17) is 14.2 Å². The average molecular weight is 366 g/mol. The normalized spacial score (nSPS) is 20.1. The van der Waals surface area contributed by atoms with Crippen molar-refractivity contribution >= 4 is 11.9 Å². The molecule has 0 N–H and O–H groups in total. The Hall–Kier alpha value is -1.62. The first-order valence-electron chi connectivity index (χ1n) is 9.58. The Morgan fingerprint density at radius 2 is 1.73 bits per heavy atom. The molecule has 0 amide bonds. The summed E-state index contributed by atoms with van der Waals surface area (Å²) in [5.74, 6) is -0.0151. The smallest absolute Gasteiger partial charge is 0.333 e. The molecular weight excluding hydrogens is 332 g/mol. The summed E-state index contributed by atoms with van der Waals surface area (Å²) in [7, 11) is 0. The van der Waals surface area contributed by atoms with Gasteiger partial charge in [0.05, 0.1) is 6.61 Å². The van der Waals surface area contributed by atoms with Crippen LogP contribution in [-0.2, 0) is 23.8 Å². The van der Waals surface area contributed by atoms with Crippen molar-refractivity contribution in [3.05, 3.63) is 24.3 Å². The molecule has 2 aliphatic rings. The zero-order chi connectivity index (χ0) is 19.7. The second kappa shape index (κ2) is 10.5. The summed E-state index contributed by atoms with van der Waals surface area (Å²) in [5, 5.41) is 0. The van der Waals surface area contributed by atoms with E-state index in [1.807, 2.05) is 0 Å². The van der Waals surface area contributed by atoms with Crippen LogP contribution in [-0.4, -0.2) is 36.9 Å². The second-order valence-corrected chi connectivity index (χ2v) is 7.32. The van der Waals surface area contributed by atoms with Gasteiger partial charge in [-0.15, -0.1) is 0 Å². The minimum atomic E-state index is -0.337. The Morgan fingerprint density at radius 1 is 1.15 bits per heavy atom. The summed E-state index contributed by atoms with van der Waals surface area (Å²) in [6, 6.07) is 0. The standard InChI is InChI=1S/C14H24O2.C7H10O3/c1-5-7-8-12(6-2)14(9-10-14)16-13(15)11(3)4;1-5(2)7(8)10-4-6-3-9-6/h12H,3,5-10H2,1-2,4H3;6H,1,3-4H2,2H3. The lowest BCUT2D eigenvalue weighted by Gasteiger charge is -2.26. The van der Waals surface area contributed by atoms with Gasteiger partial charge in [-0.25, -0.2) is 9.59 Å². The van der Waals surface area contributed by atoms with Crippen LogP contribution in [0.4, 0.5) is 0 Å². The van der Waals surface area contributed by atoms with Crippen LogP contribution in [0.1, 0.15) is 66.2 Å². The summed E-state index contributed by atoms with van der Waals surface area (Å²) < 4.78 is 15.2. The average Bonchev–Trinajstić information content (AvgIpc) is 3.50. The van der Waals surface area contributed by atoms with E-state index in [1.54, 1.807) is 13.8 Å². The highest BCUT2D eigenvalue weighted by atomic mass is 16.6. The van der Waals surface area contributed by atoms with E-state index in [9.17, 15) is 9.59 Å². The third kappa shape index (κ3) is 7.73. The van der Waals surface area contributed by atoms with Crippen LogP contribution in [0, 0.1) is 5.92 Å². The Labute approximate surface area is 157 Å². The number of hydrogen-bond donors (Lipinski definition) is 0. The number of esters is 2. The quantitative estimate of drug-likeness (QED) is 0.326. The zero-order valence-electron chi connectivity index (χ0n) is 16.8. The molecule has 2 rings (SSSR count). The fraction of sp³-hybridized carbons (Fsp3) is 0.714. The number of unbranched alkanes of at least 4 members (excludes halogenated alkanes) is 1. The van der Waals surface area contributed by atoms with Crippen LogP contribution < -0.4 is 0 Å². The molecule has 0 spiro atoms. The van der Waals surface area contributed by atoms with Crippen molar-refractivity contribution in [2.24, 2.45) is 5.92 Å². The van der Waals surface area contributed by atoms with Gasteiger partial charge < -0.3 is 14.2 Å². The maximum Gasteiger partial charge on any atom is 0.333 e. The van der Waals surface area contributed by atoms with Crippen molar-refractivity contribution < 1.29 is 23.8 Å². The Morgan fingerprint density at radius 3 is 2.12 bits per heavy atom. The summed E-state index contributed by atoms with van der Waals surface area (Å²) in [6.07, 6.45) is 6.93. The van der Waals surface area contributed by atoms with Gasteiger partial charge in [0.15, 0.2) is 0 Å². The molecular formula is C21H34O5. The van der Waals surface area contributed by atoms with Crippen LogP contribution in [0.2, 0.25) is 0 Å². The third-order valence-electron chi connectivity index (χ3n) is 4.68. The molecule has 2 fully saturated rings. The number of carbonyl (C=O) groups excluding carboxylic acids is 2. The first kappa shape index (κ1) is 22.4. The third-order valence-corrected chi connectivity index (χ3v) is 4.68. The summed E-state index contributed by atoms with van der Waals surface area (Å²) >= 11 is 0. The minimum Gasteiger partial charge on any atom is -0.459 e. The van der Waals surface area contributed by atoms with Crippen LogP contribution in [0.3, 0.4) is 0 Å². The summed E-state index contributed by atoms with van der Waals surface area (Å²) in [4.78, 5) is 22.3. The topological polar surface area (TPSA) is 65.1 Å². The molecule has 0 aromatic rings. The molecule has 2 atom stereocenters. The highest BCUT2D eigenvalue weighted by molar-refractivity contribution is 5.87. The minimum absolute atomic E-state index is 0.139. The van der Waals surface area contributed by atoms with E-state index >= 15 is 0 Å². The fourth-order valence-electron chi connectivity index (χ4n) is 2.73. The lowest BCUT2D eigenvalue weighted by Crippen LogP contribution is -2.29. The van der Waals surface area contributed by atoms with Gasteiger partial charge in [-0.05, 0) is 45.4 Å².